The van der Waals surface area contributed by atoms with Gasteiger partial charge < -0.3 is 10.4 Å². The van der Waals surface area contributed by atoms with Crippen LogP contribution in [-0.4, -0.2) is 25.2 Å². The first-order valence-electron chi connectivity index (χ1n) is 7.58. The van der Waals surface area contributed by atoms with Gasteiger partial charge in [0.05, 0.1) is 26.4 Å². The first kappa shape index (κ1) is 20.2. The number of amides is 1. The normalized spacial score (nSPS) is 11.7. The largest absolute Gasteiger partial charge is 0.506 e. The van der Waals surface area contributed by atoms with Crippen molar-refractivity contribution in [2.45, 2.75) is 11.8 Å². The number of nitrogens with one attached hydrogen (secondary N) is 1. The van der Waals surface area contributed by atoms with Gasteiger partial charge in [-0.2, -0.15) is 0 Å². The number of phenols is 1. The molecule has 3 aromatic rings. The Labute approximate surface area is 174 Å². The van der Waals surface area contributed by atoms with Gasteiger partial charge >= 0.3 is 0 Å². The summed E-state index contributed by atoms with van der Waals surface area (Å²) < 4.78 is 24.7. The van der Waals surface area contributed by atoms with Crippen LogP contribution in [0.1, 0.15) is 16.6 Å². The lowest BCUT2D eigenvalue weighted by molar-refractivity contribution is 0.103. The molecular weight excluding hydrogens is 453 g/mol. The highest BCUT2D eigenvalue weighted by atomic mass is 35.5. The number of sulfone groups is 1. The Bertz CT molecular complexity index is 1170. The van der Waals surface area contributed by atoms with Crippen molar-refractivity contribution >= 4 is 77.7 Å². The van der Waals surface area contributed by atoms with Crippen molar-refractivity contribution in [3.8, 4) is 5.75 Å². The van der Waals surface area contributed by atoms with Crippen molar-refractivity contribution in [3.63, 3.8) is 0 Å². The Hall–Kier alpha value is -1.51. The lowest BCUT2D eigenvalue weighted by Gasteiger charge is -2.09. The molecule has 0 fully saturated rings. The first-order chi connectivity index (χ1) is 12.6. The van der Waals surface area contributed by atoms with Crippen molar-refractivity contribution in [1.82, 2.24) is 0 Å². The van der Waals surface area contributed by atoms with Gasteiger partial charge in [0.25, 0.3) is 5.91 Å². The molecule has 0 aliphatic heterocycles. The maximum absolute atomic E-state index is 12.7. The average Bonchev–Trinajstić information content (AvgIpc) is 2.93. The molecule has 0 bridgehead atoms. The quantitative estimate of drug-likeness (QED) is 0.491. The molecule has 0 atom stereocenters. The fraction of sp³-hybridized carbons (Fsp3) is 0.118. The SMILES string of the molecule is CCS(=O)(=O)c1ccc(O)c(NC(=O)c2sc3cc(Cl)cc(Cl)c3c2Cl)c1. The fourth-order valence-electron chi connectivity index (χ4n) is 2.41. The van der Waals surface area contributed by atoms with Crippen molar-refractivity contribution < 1.29 is 18.3 Å². The fourth-order valence-corrected chi connectivity index (χ4v) is 5.59. The summed E-state index contributed by atoms with van der Waals surface area (Å²) in [5.74, 6) is -0.974. The summed E-state index contributed by atoms with van der Waals surface area (Å²) in [4.78, 5) is 12.8. The van der Waals surface area contributed by atoms with Crippen LogP contribution in [0.3, 0.4) is 0 Å². The van der Waals surface area contributed by atoms with E-state index in [9.17, 15) is 18.3 Å². The highest BCUT2D eigenvalue weighted by Gasteiger charge is 2.21. The first-order valence-corrected chi connectivity index (χ1v) is 11.2. The minimum atomic E-state index is -3.49. The van der Waals surface area contributed by atoms with E-state index >= 15 is 0 Å². The number of fused-ring (bicyclic) bond motifs is 1. The Kier molecular flexibility index (Phi) is 5.61. The van der Waals surface area contributed by atoms with Crippen LogP contribution >= 0.6 is 46.1 Å². The number of thiophene rings is 1. The zero-order chi connectivity index (χ0) is 19.9. The van der Waals surface area contributed by atoms with E-state index in [1.165, 1.54) is 31.2 Å². The number of carbonyl (C=O) groups is 1. The molecule has 0 radical (unpaired) electrons. The molecular formula is C17H12Cl3NO4S2. The van der Waals surface area contributed by atoms with Gasteiger partial charge in [-0.3, -0.25) is 4.79 Å². The third kappa shape index (κ3) is 3.88. The average molecular weight is 465 g/mol. The molecule has 0 aliphatic rings. The van der Waals surface area contributed by atoms with Gasteiger partial charge in [-0.25, -0.2) is 8.42 Å². The molecule has 0 saturated heterocycles. The van der Waals surface area contributed by atoms with E-state index in [0.29, 0.717) is 20.1 Å². The minimum absolute atomic E-state index is 0.00429. The molecule has 10 heteroatoms. The second-order valence-corrected chi connectivity index (χ2v) is 10.1. The van der Waals surface area contributed by atoms with Gasteiger partial charge in [0, 0.05) is 15.1 Å². The molecule has 3 rings (SSSR count). The number of aromatic hydroxyl groups is 1. The number of anilines is 1. The third-order valence-corrected chi connectivity index (χ3v) is 7.69. The minimum Gasteiger partial charge on any atom is -0.506 e. The van der Waals surface area contributed by atoms with E-state index in [0.717, 1.165) is 11.3 Å². The number of phenolic OH excluding ortho intramolecular Hbond substituents is 1. The maximum Gasteiger partial charge on any atom is 0.267 e. The lowest BCUT2D eigenvalue weighted by Crippen LogP contribution is -2.12. The summed E-state index contributed by atoms with van der Waals surface area (Å²) in [6.07, 6.45) is 0. The number of benzene rings is 2. The monoisotopic (exact) mass is 463 g/mol. The molecule has 27 heavy (non-hydrogen) atoms. The Morgan fingerprint density at radius 1 is 1.19 bits per heavy atom. The maximum atomic E-state index is 12.7. The van der Waals surface area contributed by atoms with Crippen LogP contribution in [-0.2, 0) is 9.84 Å². The van der Waals surface area contributed by atoms with Crippen LogP contribution in [0.4, 0.5) is 5.69 Å². The predicted molar refractivity (Wildman–Crippen MR) is 111 cm³/mol. The summed E-state index contributed by atoms with van der Waals surface area (Å²) in [6, 6.07) is 6.86. The number of halogens is 3. The number of hydrogen-bond acceptors (Lipinski definition) is 5. The van der Waals surface area contributed by atoms with Gasteiger partial charge in [0.15, 0.2) is 9.84 Å². The molecule has 142 valence electrons. The molecule has 2 N–H and O–H groups in total. The molecule has 1 amide bonds. The summed E-state index contributed by atoms with van der Waals surface area (Å²) in [5.41, 5.74) is -0.0350. The van der Waals surface area contributed by atoms with Crippen LogP contribution in [0.5, 0.6) is 5.75 Å². The zero-order valence-electron chi connectivity index (χ0n) is 13.7. The van der Waals surface area contributed by atoms with Gasteiger partial charge in [0.1, 0.15) is 10.6 Å². The van der Waals surface area contributed by atoms with E-state index in [4.69, 9.17) is 34.8 Å². The number of hydrogen-bond donors (Lipinski definition) is 2. The van der Waals surface area contributed by atoms with Gasteiger partial charge in [-0.1, -0.05) is 41.7 Å². The molecule has 1 aromatic heterocycles. The van der Waals surface area contributed by atoms with Crippen LogP contribution in [0.15, 0.2) is 35.2 Å². The molecule has 5 nitrogen and oxygen atoms in total. The van der Waals surface area contributed by atoms with E-state index in [2.05, 4.69) is 5.32 Å². The van der Waals surface area contributed by atoms with Crippen molar-refractivity contribution in [2.24, 2.45) is 0 Å². The predicted octanol–water partition coefficient (Wildman–Crippen LogP) is 5.61. The third-order valence-electron chi connectivity index (χ3n) is 3.81. The van der Waals surface area contributed by atoms with Crippen molar-refractivity contribution in [2.75, 3.05) is 11.1 Å². The molecule has 1 heterocycles. The van der Waals surface area contributed by atoms with Gasteiger partial charge in [0.2, 0.25) is 0 Å². The molecule has 0 saturated carbocycles. The highest BCUT2D eigenvalue weighted by Crippen LogP contribution is 2.41. The second-order valence-electron chi connectivity index (χ2n) is 5.54. The van der Waals surface area contributed by atoms with Crippen molar-refractivity contribution in [3.05, 3.63) is 50.3 Å². The standard InChI is InChI=1S/C17H12Cl3NO4S2/c1-2-27(24,25)9-3-4-12(22)11(7-9)21-17(23)16-15(20)14-10(19)5-8(18)6-13(14)26-16/h3-7,22H,2H2,1H3,(H,21,23). The summed E-state index contributed by atoms with van der Waals surface area (Å²) in [6.45, 7) is 1.51. The van der Waals surface area contributed by atoms with E-state index in [1.807, 2.05) is 0 Å². The molecule has 0 aliphatic carbocycles. The zero-order valence-corrected chi connectivity index (χ0v) is 17.6. The molecule has 2 aromatic carbocycles. The summed E-state index contributed by atoms with van der Waals surface area (Å²) in [5, 5.41) is 13.9. The Morgan fingerprint density at radius 2 is 1.89 bits per heavy atom. The summed E-state index contributed by atoms with van der Waals surface area (Å²) >= 11 is 19.5. The lowest BCUT2D eigenvalue weighted by atomic mass is 10.2. The van der Waals surface area contributed by atoms with E-state index in [-0.39, 0.29) is 32.0 Å². The molecule has 0 spiro atoms. The highest BCUT2D eigenvalue weighted by molar-refractivity contribution is 7.91. The number of carbonyl (C=O) groups excluding carboxylic acids is 1. The van der Waals surface area contributed by atoms with E-state index in [1.54, 1.807) is 6.07 Å². The van der Waals surface area contributed by atoms with E-state index < -0.39 is 15.7 Å². The van der Waals surface area contributed by atoms with Crippen LogP contribution in [0.25, 0.3) is 10.1 Å². The van der Waals surface area contributed by atoms with Gasteiger partial charge in [-0.05, 0) is 30.3 Å². The molecule has 0 unspecified atom stereocenters. The van der Waals surface area contributed by atoms with Crippen LogP contribution in [0.2, 0.25) is 15.1 Å². The summed E-state index contributed by atoms with van der Waals surface area (Å²) in [7, 11) is -3.49. The van der Waals surface area contributed by atoms with Gasteiger partial charge in [-0.15, -0.1) is 11.3 Å². The van der Waals surface area contributed by atoms with Crippen LogP contribution in [0, 0.1) is 0 Å². The Balaban J connectivity index is 2.02. The van der Waals surface area contributed by atoms with Crippen molar-refractivity contribution in [1.29, 1.82) is 0 Å². The topological polar surface area (TPSA) is 83.5 Å². The second kappa shape index (κ2) is 7.48. The smallest absolute Gasteiger partial charge is 0.267 e. The van der Waals surface area contributed by atoms with Crippen LogP contribution < -0.4 is 5.32 Å². The number of rotatable bonds is 4. The Morgan fingerprint density at radius 3 is 2.56 bits per heavy atom.